The van der Waals surface area contributed by atoms with Crippen LogP contribution in [0.1, 0.15) is 0 Å². The molecule has 2 rings (SSSR count). The standard InChI is InChI=1S/C9H8N2OS/c10-7-5-3-1-2-4-6(5)12-9(13)8(7)11/h1-4H,10-11H2. The molecule has 0 atom stereocenters. The molecular weight excluding hydrogens is 184 g/mol. The highest BCUT2D eigenvalue weighted by atomic mass is 32.1. The predicted molar refractivity (Wildman–Crippen MR) is 55.9 cm³/mol. The fraction of sp³-hybridized carbons (Fsp3) is 0. The van der Waals surface area contributed by atoms with Gasteiger partial charge in [-0.05, 0) is 24.4 Å². The highest BCUT2D eigenvalue weighted by Gasteiger charge is 2.04. The van der Waals surface area contributed by atoms with Gasteiger partial charge in [0, 0.05) is 5.39 Å². The topological polar surface area (TPSA) is 65.2 Å². The van der Waals surface area contributed by atoms with Crippen molar-refractivity contribution in [2.75, 3.05) is 11.5 Å². The van der Waals surface area contributed by atoms with E-state index in [1.165, 1.54) is 0 Å². The quantitative estimate of drug-likeness (QED) is 0.629. The molecule has 4 N–H and O–H groups in total. The number of hydrogen-bond donors (Lipinski definition) is 2. The summed E-state index contributed by atoms with van der Waals surface area (Å²) in [5.41, 5.74) is 12.9. The molecule has 0 unspecified atom stereocenters. The van der Waals surface area contributed by atoms with E-state index in [1.54, 1.807) is 6.07 Å². The number of anilines is 2. The Bertz CT molecular complexity index is 518. The second kappa shape index (κ2) is 2.74. The first-order chi connectivity index (χ1) is 6.20. The predicted octanol–water partition coefficient (Wildman–Crippen LogP) is 2.33. The van der Waals surface area contributed by atoms with Crippen LogP contribution in [0, 0.1) is 4.71 Å². The van der Waals surface area contributed by atoms with Crippen molar-refractivity contribution in [3.8, 4) is 0 Å². The first-order valence-electron chi connectivity index (χ1n) is 3.77. The Kier molecular flexibility index (Phi) is 1.70. The van der Waals surface area contributed by atoms with E-state index in [0.717, 1.165) is 5.39 Å². The molecular formula is C9H8N2OS. The molecule has 0 aliphatic carbocycles. The summed E-state index contributed by atoms with van der Waals surface area (Å²) in [5, 5.41) is 0.800. The summed E-state index contributed by atoms with van der Waals surface area (Å²) in [5.74, 6) is 0. The molecule has 0 bridgehead atoms. The first kappa shape index (κ1) is 8.07. The maximum absolute atomic E-state index is 5.77. The largest absolute Gasteiger partial charge is 0.443 e. The summed E-state index contributed by atoms with van der Waals surface area (Å²) in [7, 11) is 0. The van der Waals surface area contributed by atoms with Crippen LogP contribution < -0.4 is 11.5 Å². The van der Waals surface area contributed by atoms with Crippen molar-refractivity contribution in [3.05, 3.63) is 29.0 Å². The Morgan fingerprint density at radius 2 is 1.77 bits per heavy atom. The van der Waals surface area contributed by atoms with E-state index in [4.69, 9.17) is 28.1 Å². The molecule has 1 heterocycles. The molecule has 0 aliphatic heterocycles. The minimum absolute atomic E-state index is 0.246. The molecule has 66 valence electrons. The van der Waals surface area contributed by atoms with E-state index in [9.17, 15) is 0 Å². The third-order valence-electron chi connectivity index (χ3n) is 1.89. The van der Waals surface area contributed by atoms with Crippen LogP contribution in [-0.2, 0) is 0 Å². The summed E-state index contributed by atoms with van der Waals surface area (Å²) in [4.78, 5) is 0. The number of nitrogen functional groups attached to an aromatic ring is 2. The van der Waals surface area contributed by atoms with Gasteiger partial charge < -0.3 is 15.9 Å². The van der Waals surface area contributed by atoms with Gasteiger partial charge in [0.2, 0.25) is 4.71 Å². The number of para-hydroxylation sites is 1. The maximum atomic E-state index is 5.77. The lowest BCUT2D eigenvalue weighted by Crippen LogP contribution is -1.96. The molecule has 0 spiro atoms. The van der Waals surface area contributed by atoms with Crippen molar-refractivity contribution in [1.29, 1.82) is 0 Å². The van der Waals surface area contributed by atoms with Crippen molar-refractivity contribution in [3.63, 3.8) is 0 Å². The normalized spacial score (nSPS) is 10.5. The zero-order valence-electron chi connectivity index (χ0n) is 6.78. The Balaban J connectivity index is 3.02. The van der Waals surface area contributed by atoms with Crippen LogP contribution in [0.5, 0.6) is 0 Å². The van der Waals surface area contributed by atoms with Gasteiger partial charge in [-0.2, -0.15) is 0 Å². The van der Waals surface area contributed by atoms with Crippen LogP contribution in [-0.4, -0.2) is 0 Å². The van der Waals surface area contributed by atoms with Gasteiger partial charge in [-0.25, -0.2) is 0 Å². The van der Waals surface area contributed by atoms with E-state index in [2.05, 4.69) is 0 Å². The summed E-state index contributed by atoms with van der Waals surface area (Å²) < 4.78 is 5.53. The Hall–Kier alpha value is -1.55. The third-order valence-corrected chi connectivity index (χ3v) is 2.19. The second-order valence-electron chi connectivity index (χ2n) is 2.71. The van der Waals surface area contributed by atoms with Crippen molar-refractivity contribution in [2.45, 2.75) is 0 Å². The number of rotatable bonds is 0. The summed E-state index contributed by atoms with van der Waals surface area (Å²) in [6.45, 7) is 0. The van der Waals surface area contributed by atoms with Gasteiger partial charge >= 0.3 is 0 Å². The van der Waals surface area contributed by atoms with E-state index in [1.807, 2.05) is 18.2 Å². The van der Waals surface area contributed by atoms with Crippen molar-refractivity contribution < 1.29 is 4.42 Å². The first-order valence-corrected chi connectivity index (χ1v) is 4.18. The molecule has 0 radical (unpaired) electrons. The Morgan fingerprint density at radius 1 is 1.08 bits per heavy atom. The van der Waals surface area contributed by atoms with Crippen LogP contribution in [0.15, 0.2) is 28.7 Å². The summed E-state index contributed by atoms with van der Waals surface area (Å²) in [6.07, 6.45) is 0. The smallest absolute Gasteiger partial charge is 0.215 e. The minimum atomic E-state index is 0.246. The van der Waals surface area contributed by atoms with Crippen molar-refractivity contribution in [1.82, 2.24) is 0 Å². The maximum Gasteiger partial charge on any atom is 0.215 e. The lowest BCUT2D eigenvalue weighted by molar-refractivity contribution is 0.590. The second-order valence-corrected chi connectivity index (χ2v) is 3.08. The lowest BCUT2D eigenvalue weighted by Gasteiger charge is -2.03. The molecule has 0 amide bonds. The van der Waals surface area contributed by atoms with Crippen molar-refractivity contribution >= 4 is 34.6 Å². The highest BCUT2D eigenvalue weighted by molar-refractivity contribution is 7.71. The Labute approximate surface area is 80.0 Å². The third kappa shape index (κ3) is 1.15. The zero-order chi connectivity index (χ0) is 9.42. The minimum Gasteiger partial charge on any atom is -0.443 e. The average Bonchev–Trinajstić information content (AvgIpc) is 2.15. The van der Waals surface area contributed by atoms with Gasteiger partial charge in [0.25, 0.3) is 0 Å². The number of nitrogens with two attached hydrogens (primary N) is 2. The lowest BCUT2D eigenvalue weighted by atomic mass is 10.2. The van der Waals surface area contributed by atoms with Gasteiger partial charge in [-0.15, -0.1) is 0 Å². The highest BCUT2D eigenvalue weighted by Crippen LogP contribution is 2.27. The van der Waals surface area contributed by atoms with Crippen LogP contribution >= 0.6 is 12.2 Å². The molecule has 1 aromatic heterocycles. The molecule has 0 aliphatic rings. The molecule has 3 nitrogen and oxygen atoms in total. The van der Waals surface area contributed by atoms with E-state index >= 15 is 0 Å². The fourth-order valence-electron chi connectivity index (χ4n) is 1.19. The van der Waals surface area contributed by atoms with E-state index < -0.39 is 0 Å². The SMILES string of the molecule is Nc1c(N)c2ccccc2oc1=S. The average molecular weight is 192 g/mol. The zero-order valence-corrected chi connectivity index (χ0v) is 7.60. The summed E-state index contributed by atoms with van der Waals surface area (Å²) >= 11 is 4.90. The molecule has 0 saturated heterocycles. The van der Waals surface area contributed by atoms with Gasteiger partial charge in [0.15, 0.2) is 0 Å². The molecule has 1 aromatic carbocycles. The van der Waals surface area contributed by atoms with Gasteiger partial charge in [0.05, 0.1) is 5.69 Å². The van der Waals surface area contributed by atoms with Gasteiger partial charge in [-0.1, -0.05) is 12.1 Å². The number of fused-ring (bicyclic) bond motifs is 1. The van der Waals surface area contributed by atoms with Crippen LogP contribution in [0.25, 0.3) is 11.0 Å². The fourth-order valence-corrected chi connectivity index (χ4v) is 1.39. The van der Waals surface area contributed by atoms with E-state index in [0.29, 0.717) is 17.0 Å². The molecule has 2 aromatic rings. The van der Waals surface area contributed by atoms with Crippen LogP contribution in [0.3, 0.4) is 0 Å². The van der Waals surface area contributed by atoms with Gasteiger partial charge in [0.1, 0.15) is 11.3 Å². The molecule has 4 heteroatoms. The van der Waals surface area contributed by atoms with Crippen LogP contribution in [0.2, 0.25) is 0 Å². The number of hydrogen-bond acceptors (Lipinski definition) is 4. The van der Waals surface area contributed by atoms with Crippen molar-refractivity contribution in [2.24, 2.45) is 0 Å². The molecule has 0 fully saturated rings. The molecule has 0 saturated carbocycles. The Morgan fingerprint density at radius 3 is 2.54 bits per heavy atom. The summed E-state index contributed by atoms with van der Waals surface area (Å²) in [6, 6.07) is 7.38. The van der Waals surface area contributed by atoms with Gasteiger partial charge in [-0.3, -0.25) is 0 Å². The molecule has 13 heavy (non-hydrogen) atoms. The van der Waals surface area contributed by atoms with E-state index in [-0.39, 0.29) is 4.71 Å². The number of benzene rings is 1. The monoisotopic (exact) mass is 192 g/mol. The van der Waals surface area contributed by atoms with Crippen LogP contribution in [0.4, 0.5) is 11.4 Å².